The Labute approximate surface area is 163 Å². The maximum absolute atomic E-state index is 9.52. The second-order valence-corrected chi connectivity index (χ2v) is 7.20. The molecule has 0 aliphatic rings. The molecule has 0 amide bonds. The highest BCUT2D eigenvalue weighted by molar-refractivity contribution is 7.22. The SMILES string of the molecule is C=CC(O)OCCN(/N=C/c1cc(C)ccc1C)c1nc2ccccc2s1. The van der Waals surface area contributed by atoms with Gasteiger partial charge in [0, 0.05) is 0 Å². The van der Waals surface area contributed by atoms with Gasteiger partial charge >= 0.3 is 0 Å². The fraction of sp³-hybridized carbons (Fsp3) is 0.238. The number of hydrogen-bond acceptors (Lipinski definition) is 6. The van der Waals surface area contributed by atoms with Crippen LogP contribution in [0.4, 0.5) is 5.13 Å². The van der Waals surface area contributed by atoms with Crippen molar-refractivity contribution < 1.29 is 9.84 Å². The Hall–Kier alpha value is -2.54. The van der Waals surface area contributed by atoms with Crippen molar-refractivity contribution in [2.45, 2.75) is 20.1 Å². The van der Waals surface area contributed by atoms with E-state index in [1.54, 1.807) is 11.3 Å². The number of hydrazone groups is 1. The molecule has 2 aromatic carbocycles. The number of para-hydroxylation sites is 1. The lowest BCUT2D eigenvalue weighted by Crippen LogP contribution is -2.24. The van der Waals surface area contributed by atoms with Crippen molar-refractivity contribution in [2.75, 3.05) is 18.2 Å². The lowest BCUT2D eigenvalue weighted by atomic mass is 10.1. The Morgan fingerprint density at radius 3 is 2.89 bits per heavy atom. The number of nitrogens with zero attached hydrogens (tertiary/aromatic N) is 3. The van der Waals surface area contributed by atoms with Crippen LogP contribution in [0.3, 0.4) is 0 Å². The molecule has 0 saturated heterocycles. The van der Waals surface area contributed by atoms with E-state index in [1.807, 2.05) is 35.5 Å². The van der Waals surface area contributed by atoms with Gasteiger partial charge in [-0.25, -0.2) is 9.99 Å². The summed E-state index contributed by atoms with van der Waals surface area (Å²) < 4.78 is 6.41. The van der Waals surface area contributed by atoms with Gasteiger partial charge in [0.25, 0.3) is 0 Å². The zero-order valence-electron chi connectivity index (χ0n) is 15.5. The summed E-state index contributed by atoms with van der Waals surface area (Å²) in [6.45, 7) is 8.40. The van der Waals surface area contributed by atoms with Crippen molar-refractivity contribution in [1.82, 2.24) is 4.98 Å². The second kappa shape index (κ2) is 8.90. The number of hydrogen-bond donors (Lipinski definition) is 1. The number of rotatable bonds is 8. The molecule has 0 bridgehead atoms. The summed E-state index contributed by atoms with van der Waals surface area (Å²) in [6, 6.07) is 14.3. The number of anilines is 1. The van der Waals surface area contributed by atoms with Crippen LogP contribution in [0, 0.1) is 13.8 Å². The lowest BCUT2D eigenvalue weighted by molar-refractivity contribution is -0.0608. The van der Waals surface area contributed by atoms with Gasteiger partial charge in [-0.1, -0.05) is 53.8 Å². The lowest BCUT2D eigenvalue weighted by Gasteiger charge is -2.17. The smallest absolute Gasteiger partial charge is 0.207 e. The Kier molecular flexibility index (Phi) is 6.34. The first kappa shape index (κ1) is 19.2. The number of aliphatic hydroxyl groups excluding tert-OH is 1. The van der Waals surface area contributed by atoms with E-state index in [0.29, 0.717) is 13.2 Å². The Morgan fingerprint density at radius 1 is 1.30 bits per heavy atom. The minimum Gasteiger partial charge on any atom is -0.365 e. The van der Waals surface area contributed by atoms with Crippen molar-refractivity contribution in [2.24, 2.45) is 5.10 Å². The molecule has 1 N–H and O–H groups in total. The number of fused-ring (bicyclic) bond motifs is 1. The molecule has 0 saturated carbocycles. The van der Waals surface area contributed by atoms with Gasteiger partial charge in [0.2, 0.25) is 5.13 Å². The fourth-order valence-electron chi connectivity index (χ4n) is 2.53. The van der Waals surface area contributed by atoms with Gasteiger partial charge in [-0.3, -0.25) is 0 Å². The highest BCUT2D eigenvalue weighted by Gasteiger charge is 2.12. The third-order valence-corrected chi connectivity index (χ3v) is 5.12. The van der Waals surface area contributed by atoms with Gasteiger partial charge in [-0.2, -0.15) is 5.10 Å². The predicted octanol–water partition coefficient (Wildman–Crippen LogP) is 4.27. The van der Waals surface area contributed by atoms with E-state index in [2.05, 4.69) is 48.7 Å². The molecular weight excluding hydrogens is 358 g/mol. The van der Waals surface area contributed by atoms with Gasteiger partial charge < -0.3 is 9.84 Å². The number of aromatic nitrogens is 1. The monoisotopic (exact) mass is 381 g/mol. The molecule has 3 rings (SSSR count). The van der Waals surface area contributed by atoms with Crippen LogP contribution in [0.15, 0.2) is 60.2 Å². The number of ether oxygens (including phenoxy) is 1. The summed E-state index contributed by atoms with van der Waals surface area (Å²) in [5, 5.41) is 16.8. The zero-order chi connectivity index (χ0) is 19.2. The molecule has 0 aliphatic carbocycles. The molecule has 140 valence electrons. The third-order valence-electron chi connectivity index (χ3n) is 4.07. The number of thiazole rings is 1. The molecule has 0 radical (unpaired) electrons. The highest BCUT2D eigenvalue weighted by atomic mass is 32.1. The number of aliphatic hydroxyl groups is 1. The zero-order valence-corrected chi connectivity index (χ0v) is 16.3. The summed E-state index contributed by atoms with van der Waals surface area (Å²) in [4.78, 5) is 4.68. The van der Waals surface area contributed by atoms with Gasteiger partial charge in [-0.05, 0) is 43.2 Å². The molecule has 5 nitrogen and oxygen atoms in total. The van der Waals surface area contributed by atoms with Crippen molar-refractivity contribution in [3.63, 3.8) is 0 Å². The molecule has 0 fully saturated rings. The summed E-state index contributed by atoms with van der Waals surface area (Å²) in [7, 11) is 0. The van der Waals surface area contributed by atoms with Gasteiger partial charge in [0.05, 0.1) is 29.6 Å². The molecule has 1 unspecified atom stereocenters. The van der Waals surface area contributed by atoms with Crippen molar-refractivity contribution in [1.29, 1.82) is 0 Å². The Bertz CT molecular complexity index is 919. The van der Waals surface area contributed by atoms with Crippen LogP contribution in [-0.4, -0.2) is 35.7 Å². The fourth-order valence-corrected chi connectivity index (χ4v) is 3.48. The summed E-state index contributed by atoms with van der Waals surface area (Å²) in [5.41, 5.74) is 4.35. The van der Waals surface area contributed by atoms with E-state index in [0.717, 1.165) is 26.5 Å². The van der Waals surface area contributed by atoms with E-state index in [-0.39, 0.29) is 0 Å². The number of benzene rings is 2. The van der Waals surface area contributed by atoms with Crippen LogP contribution < -0.4 is 5.01 Å². The third kappa shape index (κ3) is 5.01. The normalized spacial score (nSPS) is 12.6. The van der Waals surface area contributed by atoms with Gasteiger partial charge in [-0.15, -0.1) is 0 Å². The van der Waals surface area contributed by atoms with Crippen LogP contribution in [0.1, 0.15) is 16.7 Å². The second-order valence-electron chi connectivity index (χ2n) is 6.19. The number of aryl methyl sites for hydroxylation is 2. The van der Waals surface area contributed by atoms with E-state index in [1.165, 1.54) is 11.6 Å². The summed E-state index contributed by atoms with van der Waals surface area (Å²) in [5.74, 6) is 0. The Balaban J connectivity index is 1.85. The van der Waals surface area contributed by atoms with Crippen LogP contribution in [-0.2, 0) is 4.74 Å². The molecule has 1 atom stereocenters. The van der Waals surface area contributed by atoms with Crippen molar-refractivity contribution in [3.05, 3.63) is 71.8 Å². The molecule has 27 heavy (non-hydrogen) atoms. The maximum Gasteiger partial charge on any atom is 0.207 e. The quantitative estimate of drug-likeness (QED) is 0.274. The Morgan fingerprint density at radius 2 is 2.11 bits per heavy atom. The molecule has 1 heterocycles. The van der Waals surface area contributed by atoms with E-state index < -0.39 is 6.29 Å². The molecule has 1 aromatic heterocycles. The molecule has 3 aromatic rings. The maximum atomic E-state index is 9.52. The van der Waals surface area contributed by atoms with Gasteiger partial charge in [0.15, 0.2) is 6.29 Å². The standard InChI is InChI=1S/C21H23N3O2S/c1-4-20(25)26-12-11-24(21-23-18-7-5-6-8-19(18)27-21)22-14-17-13-15(2)9-10-16(17)3/h4-10,13-14,20,25H,1,11-12H2,2-3H3/b22-14+. The molecule has 0 spiro atoms. The van der Waals surface area contributed by atoms with E-state index in [4.69, 9.17) is 4.74 Å². The van der Waals surface area contributed by atoms with E-state index in [9.17, 15) is 5.11 Å². The van der Waals surface area contributed by atoms with Crippen molar-refractivity contribution in [3.8, 4) is 0 Å². The minimum absolute atomic E-state index is 0.299. The molecule has 6 heteroatoms. The highest BCUT2D eigenvalue weighted by Crippen LogP contribution is 2.28. The summed E-state index contributed by atoms with van der Waals surface area (Å²) >= 11 is 1.58. The molecular formula is C21H23N3O2S. The largest absolute Gasteiger partial charge is 0.365 e. The van der Waals surface area contributed by atoms with Crippen LogP contribution in [0.2, 0.25) is 0 Å². The predicted molar refractivity (Wildman–Crippen MR) is 113 cm³/mol. The van der Waals surface area contributed by atoms with Crippen LogP contribution in [0.25, 0.3) is 10.2 Å². The topological polar surface area (TPSA) is 58.0 Å². The average Bonchev–Trinajstić information content (AvgIpc) is 3.10. The first-order valence-electron chi connectivity index (χ1n) is 8.73. The van der Waals surface area contributed by atoms with Crippen LogP contribution >= 0.6 is 11.3 Å². The first-order valence-corrected chi connectivity index (χ1v) is 9.55. The molecule has 0 aliphatic heterocycles. The first-order chi connectivity index (χ1) is 13.1. The van der Waals surface area contributed by atoms with Gasteiger partial charge in [0.1, 0.15) is 0 Å². The minimum atomic E-state index is -0.981. The van der Waals surface area contributed by atoms with Crippen LogP contribution in [0.5, 0.6) is 0 Å². The summed E-state index contributed by atoms with van der Waals surface area (Å²) in [6.07, 6.45) is 2.21. The van der Waals surface area contributed by atoms with Crippen molar-refractivity contribution >= 4 is 32.9 Å². The van der Waals surface area contributed by atoms with E-state index >= 15 is 0 Å². The average molecular weight is 382 g/mol.